The molecule has 1 N–H and O–H groups in total. The maximum atomic E-state index is 14.7. The Morgan fingerprint density at radius 3 is 2.89 bits per heavy atom. The van der Waals surface area contributed by atoms with Gasteiger partial charge in [-0.1, -0.05) is 6.07 Å². The average molecular weight is 271 g/mol. The van der Waals surface area contributed by atoms with Gasteiger partial charge in [0.1, 0.15) is 5.67 Å². The molecule has 0 amide bonds. The second-order valence-electron chi connectivity index (χ2n) is 4.98. The second kappa shape index (κ2) is 5.84. The number of morpholine rings is 1. The van der Waals surface area contributed by atoms with Crippen molar-refractivity contribution in [2.24, 2.45) is 0 Å². The highest BCUT2D eigenvalue weighted by atomic mass is 19.1. The zero-order valence-corrected chi connectivity index (χ0v) is 11.2. The van der Waals surface area contributed by atoms with E-state index < -0.39 is 11.5 Å². The Bertz CT molecular complexity index is 431. The number of benzene rings is 1. The minimum absolute atomic E-state index is 0.0473. The van der Waals surface area contributed by atoms with Gasteiger partial charge in [-0.3, -0.25) is 0 Å². The number of nitrogens with one attached hydrogen (secondary N) is 1. The molecule has 0 aliphatic carbocycles. The molecule has 2 rings (SSSR count). The van der Waals surface area contributed by atoms with E-state index >= 15 is 0 Å². The lowest BCUT2D eigenvalue weighted by Crippen LogP contribution is -2.44. The molecule has 1 aromatic carbocycles. The molecule has 2 atom stereocenters. The second-order valence-corrected chi connectivity index (χ2v) is 4.98. The fourth-order valence-corrected chi connectivity index (χ4v) is 2.32. The number of methoxy groups -OCH3 is 1. The molecule has 1 saturated heterocycles. The molecule has 19 heavy (non-hydrogen) atoms. The van der Waals surface area contributed by atoms with Crippen molar-refractivity contribution in [3.63, 3.8) is 0 Å². The van der Waals surface area contributed by atoms with E-state index in [1.807, 2.05) is 0 Å². The van der Waals surface area contributed by atoms with Crippen LogP contribution in [0.1, 0.15) is 18.9 Å². The van der Waals surface area contributed by atoms with Crippen molar-refractivity contribution < 1.29 is 18.3 Å². The largest absolute Gasteiger partial charge is 0.494 e. The molecule has 0 aromatic heterocycles. The Morgan fingerprint density at radius 1 is 1.53 bits per heavy atom. The van der Waals surface area contributed by atoms with Gasteiger partial charge in [-0.2, -0.15) is 0 Å². The molecular formula is C14H19F2NO2. The smallest absolute Gasteiger partial charge is 0.165 e. The predicted molar refractivity (Wildman–Crippen MR) is 68.6 cm³/mol. The van der Waals surface area contributed by atoms with Crippen LogP contribution in [0.3, 0.4) is 0 Å². The topological polar surface area (TPSA) is 30.5 Å². The maximum Gasteiger partial charge on any atom is 0.165 e. The Labute approximate surface area is 111 Å². The highest BCUT2D eigenvalue weighted by Gasteiger charge is 2.31. The van der Waals surface area contributed by atoms with Crippen LogP contribution in [0.2, 0.25) is 0 Å². The first kappa shape index (κ1) is 14.2. The predicted octanol–water partition coefficient (Wildman–Crippen LogP) is 2.40. The molecule has 3 nitrogen and oxygen atoms in total. The molecule has 1 aliphatic rings. The minimum atomic E-state index is -1.61. The summed E-state index contributed by atoms with van der Waals surface area (Å²) < 4.78 is 38.5. The van der Waals surface area contributed by atoms with E-state index in [0.29, 0.717) is 18.8 Å². The van der Waals surface area contributed by atoms with Crippen molar-refractivity contribution in [3.8, 4) is 5.75 Å². The van der Waals surface area contributed by atoms with Crippen molar-refractivity contribution in [3.05, 3.63) is 29.6 Å². The number of rotatable bonds is 4. The van der Waals surface area contributed by atoms with Gasteiger partial charge in [0.15, 0.2) is 11.6 Å². The van der Waals surface area contributed by atoms with Gasteiger partial charge in [0, 0.05) is 19.0 Å². The molecule has 0 bridgehead atoms. The van der Waals surface area contributed by atoms with E-state index in [4.69, 9.17) is 9.47 Å². The molecule has 0 radical (unpaired) electrons. The van der Waals surface area contributed by atoms with E-state index in [-0.39, 0.29) is 18.2 Å². The SMILES string of the molecule is COc1ccc(C(C)(F)CC2COCCN2)cc1F. The fraction of sp³-hybridized carbons (Fsp3) is 0.571. The van der Waals surface area contributed by atoms with Crippen LogP contribution >= 0.6 is 0 Å². The summed E-state index contributed by atoms with van der Waals surface area (Å²) in [5.74, 6) is -0.421. The van der Waals surface area contributed by atoms with Crippen LogP contribution in [0.15, 0.2) is 18.2 Å². The quantitative estimate of drug-likeness (QED) is 0.912. The van der Waals surface area contributed by atoms with Crippen molar-refractivity contribution in [1.82, 2.24) is 5.32 Å². The third-order valence-electron chi connectivity index (χ3n) is 3.38. The van der Waals surface area contributed by atoms with Gasteiger partial charge in [-0.05, 0) is 24.6 Å². The first-order valence-corrected chi connectivity index (χ1v) is 6.37. The summed E-state index contributed by atoms with van der Waals surface area (Å²) in [6, 6.07) is 4.16. The number of ether oxygens (including phenoxy) is 2. The van der Waals surface area contributed by atoms with Crippen LogP contribution in [0.25, 0.3) is 0 Å². The fourth-order valence-electron chi connectivity index (χ4n) is 2.32. The van der Waals surface area contributed by atoms with Gasteiger partial charge >= 0.3 is 0 Å². The number of hydrogen-bond donors (Lipinski definition) is 1. The lowest BCUT2D eigenvalue weighted by atomic mass is 9.90. The van der Waals surface area contributed by atoms with Crippen molar-refractivity contribution in [2.75, 3.05) is 26.9 Å². The monoisotopic (exact) mass is 271 g/mol. The Morgan fingerprint density at radius 2 is 2.32 bits per heavy atom. The molecule has 106 valence electrons. The first-order chi connectivity index (χ1) is 9.03. The van der Waals surface area contributed by atoms with Gasteiger partial charge in [0.05, 0.1) is 20.3 Å². The molecule has 0 saturated carbocycles. The summed E-state index contributed by atoms with van der Waals surface area (Å²) in [4.78, 5) is 0. The van der Waals surface area contributed by atoms with Gasteiger partial charge < -0.3 is 14.8 Å². The van der Waals surface area contributed by atoms with Crippen LogP contribution in [0.5, 0.6) is 5.75 Å². The maximum absolute atomic E-state index is 14.7. The van der Waals surface area contributed by atoms with E-state index in [0.717, 1.165) is 6.54 Å². The molecule has 2 unspecified atom stereocenters. The normalized spacial score (nSPS) is 22.8. The van der Waals surface area contributed by atoms with E-state index in [1.54, 1.807) is 6.07 Å². The molecule has 1 aliphatic heterocycles. The third kappa shape index (κ3) is 3.42. The minimum Gasteiger partial charge on any atom is -0.494 e. The summed E-state index contributed by atoms with van der Waals surface area (Å²) in [5.41, 5.74) is -1.29. The van der Waals surface area contributed by atoms with Crippen molar-refractivity contribution in [2.45, 2.75) is 25.1 Å². The van der Waals surface area contributed by atoms with Gasteiger partial charge in [0.25, 0.3) is 0 Å². The van der Waals surface area contributed by atoms with Gasteiger partial charge in [0.2, 0.25) is 0 Å². The van der Waals surface area contributed by atoms with Crippen LogP contribution in [-0.2, 0) is 10.4 Å². The van der Waals surface area contributed by atoms with Crippen LogP contribution < -0.4 is 10.1 Å². The summed E-state index contributed by atoms with van der Waals surface area (Å²) in [6.07, 6.45) is 0.249. The molecule has 1 heterocycles. The van der Waals surface area contributed by atoms with Gasteiger partial charge in [-0.25, -0.2) is 8.78 Å². The summed E-state index contributed by atoms with van der Waals surface area (Å²) in [6.45, 7) is 3.32. The van der Waals surface area contributed by atoms with Crippen LogP contribution in [0.4, 0.5) is 8.78 Å². The Balaban J connectivity index is 2.11. The lowest BCUT2D eigenvalue weighted by molar-refractivity contribution is 0.0473. The summed E-state index contributed by atoms with van der Waals surface area (Å²) in [7, 11) is 1.38. The third-order valence-corrected chi connectivity index (χ3v) is 3.38. The van der Waals surface area contributed by atoms with Crippen LogP contribution in [0, 0.1) is 5.82 Å². The first-order valence-electron chi connectivity index (χ1n) is 6.37. The Hall–Kier alpha value is -1.20. The molecule has 5 heteroatoms. The lowest BCUT2D eigenvalue weighted by Gasteiger charge is -2.30. The molecule has 1 fully saturated rings. The zero-order valence-electron chi connectivity index (χ0n) is 11.2. The standard InChI is InChI=1S/C14H19F2NO2/c1-14(16,8-11-9-19-6-5-17-11)10-3-4-13(18-2)12(15)7-10/h3-4,7,11,17H,5-6,8-9H2,1-2H3. The van der Waals surface area contributed by atoms with E-state index in [9.17, 15) is 8.78 Å². The number of alkyl halides is 1. The van der Waals surface area contributed by atoms with Crippen molar-refractivity contribution >= 4 is 0 Å². The number of hydrogen-bond acceptors (Lipinski definition) is 3. The Kier molecular flexibility index (Phi) is 4.37. The number of halogens is 2. The van der Waals surface area contributed by atoms with Crippen molar-refractivity contribution in [1.29, 1.82) is 0 Å². The zero-order chi connectivity index (χ0) is 13.9. The summed E-state index contributed by atoms with van der Waals surface area (Å²) >= 11 is 0. The molecule has 0 spiro atoms. The van der Waals surface area contributed by atoms with E-state index in [2.05, 4.69) is 5.32 Å². The van der Waals surface area contributed by atoms with Gasteiger partial charge in [-0.15, -0.1) is 0 Å². The average Bonchev–Trinajstić information content (AvgIpc) is 2.39. The molecule has 1 aromatic rings. The molecular weight excluding hydrogens is 252 g/mol. The van der Waals surface area contributed by atoms with E-state index in [1.165, 1.54) is 26.2 Å². The highest BCUT2D eigenvalue weighted by molar-refractivity contribution is 5.32. The highest BCUT2D eigenvalue weighted by Crippen LogP contribution is 2.33. The van der Waals surface area contributed by atoms with Crippen LogP contribution in [-0.4, -0.2) is 32.9 Å². The summed E-state index contributed by atoms with van der Waals surface area (Å²) in [5, 5.41) is 3.20.